The first kappa shape index (κ1) is 20.7. The number of aromatic carboxylic acids is 1. The molecule has 0 aliphatic heterocycles. The summed E-state index contributed by atoms with van der Waals surface area (Å²) in [5.41, 5.74) is 0.396. The number of nitrogens with one attached hydrogen (secondary N) is 2. The first-order chi connectivity index (χ1) is 14.2. The number of benzene rings is 2. The van der Waals surface area contributed by atoms with E-state index in [2.05, 4.69) is 26.6 Å². The van der Waals surface area contributed by atoms with Gasteiger partial charge in [0.25, 0.3) is 11.8 Å². The fourth-order valence-corrected chi connectivity index (χ4v) is 2.84. The van der Waals surface area contributed by atoms with Crippen LogP contribution in [0, 0.1) is 10.1 Å². The number of carbonyl (C=O) groups is 3. The number of hydrogen-bond donors (Lipinski definition) is 3. The van der Waals surface area contributed by atoms with E-state index < -0.39 is 28.6 Å². The summed E-state index contributed by atoms with van der Waals surface area (Å²) in [5.74, 6) is -3.37. The van der Waals surface area contributed by atoms with Crippen molar-refractivity contribution in [2.45, 2.75) is 0 Å². The maximum atomic E-state index is 12.5. The lowest BCUT2D eigenvalue weighted by Gasteiger charge is -2.10. The van der Waals surface area contributed by atoms with Crippen molar-refractivity contribution in [2.75, 3.05) is 10.6 Å². The van der Waals surface area contributed by atoms with E-state index >= 15 is 0 Å². The van der Waals surface area contributed by atoms with Crippen LogP contribution in [0.25, 0.3) is 0 Å². The fourth-order valence-electron chi connectivity index (χ4n) is 2.48. The maximum Gasteiger partial charge on any atom is 0.433 e. The van der Waals surface area contributed by atoms with Crippen molar-refractivity contribution in [3.63, 3.8) is 0 Å². The third-order valence-corrected chi connectivity index (χ3v) is 4.33. The number of halogens is 1. The number of nitro groups is 1. The normalized spacial score (nSPS) is 10.3. The van der Waals surface area contributed by atoms with Crippen LogP contribution in [0.4, 0.5) is 17.3 Å². The quantitative estimate of drug-likeness (QED) is 0.359. The average molecular weight is 474 g/mol. The fraction of sp³-hybridized carbons (Fsp3) is 0. The Labute approximate surface area is 176 Å². The molecule has 10 nitrogen and oxygen atoms in total. The molecule has 2 amide bonds. The number of rotatable bonds is 6. The molecule has 0 fully saturated rings. The number of carbonyl (C=O) groups excluding carboxylic acids is 2. The summed E-state index contributed by atoms with van der Waals surface area (Å²) in [6, 6.07) is 12.5. The smallest absolute Gasteiger partial charge is 0.433 e. The van der Waals surface area contributed by atoms with E-state index in [4.69, 9.17) is 4.42 Å². The number of nitrogens with zero attached hydrogens (tertiary/aromatic N) is 1. The Bertz CT molecular complexity index is 1170. The predicted octanol–water partition coefficient (Wildman–Crippen LogP) is 4.15. The van der Waals surface area contributed by atoms with Crippen molar-refractivity contribution >= 4 is 51.0 Å². The number of furan rings is 1. The lowest BCUT2D eigenvalue weighted by atomic mass is 10.1. The van der Waals surface area contributed by atoms with Crippen molar-refractivity contribution in [1.82, 2.24) is 0 Å². The van der Waals surface area contributed by atoms with Crippen LogP contribution in [0.3, 0.4) is 0 Å². The molecule has 0 unspecified atom stereocenters. The number of hydrogen-bond acceptors (Lipinski definition) is 6. The van der Waals surface area contributed by atoms with Crippen LogP contribution < -0.4 is 10.6 Å². The van der Waals surface area contributed by atoms with Gasteiger partial charge in [0, 0.05) is 15.7 Å². The van der Waals surface area contributed by atoms with Gasteiger partial charge >= 0.3 is 11.9 Å². The molecular weight excluding hydrogens is 462 g/mol. The Hall–Kier alpha value is -3.99. The highest BCUT2D eigenvalue weighted by Crippen LogP contribution is 2.23. The van der Waals surface area contributed by atoms with E-state index in [1.807, 2.05) is 0 Å². The monoisotopic (exact) mass is 473 g/mol. The van der Waals surface area contributed by atoms with Crippen LogP contribution in [-0.4, -0.2) is 27.8 Å². The van der Waals surface area contributed by atoms with Gasteiger partial charge in [-0.3, -0.25) is 19.7 Å². The first-order valence-corrected chi connectivity index (χ1v) is 9.04. The summed E-state index contributed by atoms with van der Waals surface area (Å²) in [6.07, 6.45) is 0. The highest BCUT2D eigenvalue weighted by molar-refractivity contribution is 9.10. The molecule has 30 heavy (non-hydrogen) atoms. The standard InChI is InChI=1S/C19H12BrN3O7/c20-11-4-5-14(13(9-11)19(26)27)22-17(24)10-2-1-3-12(8-10)21-18(25)15-6-7-16(30-15)23(28)29/h1-9H,(H,21,25)(H,22,24)(H,26,27). The molecule has 0 spiro atoms. The predicted molar refractivity (Wildman–Crippen MR) is 109 cm³/mol. The van der Waals surface area contributed by atoms with Crippen LogP contribution in [-0.2, 0) is 0 Å². The van der Waals surface area contributed by atoms with Crippen molar-refractivity contribution < 1.29 is 28.8 Å². The van der Waals surface area contributed by atoms with E-state index in [1.54, 1.807) is 6.07 Å². The molecule has 2 aromatic carbocycles. The molecule has 0 saturated carbocycles. The highest BCUT2D eigenvalue weighted by Gasteiger charge is 2.18. The lowest BCUT2D eigenvalue weighted by molar-refractivity contribution is -0.402. The van der Waals surface area contributed by atoms with Crippen LogP contribution in [0.1, 0.15) is 31.3 Å². The average Bonchev–Trinajstić information content (AvgIpc) is 3.20. The molecule has 1 heterocycles. The third kappa shape index (κ3) is 4.70. The molecule has 152 valence electrons. The lowest BCUT2D eigenvalue weighted by Crippen LogP contribution is -2.16. The summed E-state index contributed by atoms with van der Waals surface area (Å²) in [6.45, 7) is 0. The second-order valence-electron chi connectivity index (χ2n) is 5.88. The number of carboxylic acids is 1. The van der Waals surface area contributed by atoms with Crippen molar-refractivity contribution in [1.29, 1.82) is 0 Å². The SMILES string of the molecule is O=C(Nc1ccc(Br)cc1C(=O)O)c1cccc(NC(=O)c2ccc([N+](=O)[O-])o2)c1. The van der Waals surface area contributed by atoms with Gasteiger partial charge in [-0.2, -0.15) is 0 Å². The molecule has 0 atom stereocenters. The Morgan fingerprint density at radius 1 is 1.00 bits per heavy atom. The van der Waals surface area contributed by atoms with E-state index in [0.717, 1.165) is 12.1 Å². The first-order valence-electron chi connectivity index (χ1n) is 8.24. The third-order valence-electron chi connectivity index (χ3n) is 3.84. The number of amides is 2. The van der Waals surface area contributed by atoms with Gasteiger partial charge in [-0.15, -0.1) is 0 Å². The summed E-state index contributed by atoms with van der Waals surface area (Å²) in [5, 5.41) is 24.9. The molecule has 0 aliphatic carbocycles. The van der Waals surface area contributed by atoms with E-state index in [-0.39, 0.29) is 28.3 Å². The maximum absolute atomic E-state index is 12.5. The van der Waals surface area contributed by atoms with Gasteiger partial charge in [0.05, 0.1) is 17.3 Å². The number of anilines is 2. The van der Waals surface area contributed by atoms with Gasteiger partial charge in [-0.25, -0.2) is 4.79 Å². The van der Waals surface area contributed by atoms with Gasteiger partial charge < -0.3 is 20.2 Å². The van der Waals surface area contributed by atoms with Crippen LogP contribution >= 0.6 is 15.9 Å². The summed E-state index contributed by atoms with van der Waals surface area (Å²) < 4.78 is 5.37. The molecule has 11 heteroatoms. The van der Waals surface area contributed by atoms with Crippen LogP contribution in [0.5, 0.6) is 0 Å². The topological polar surface area (TPSA) is 152 Å². The molecule has 0 radical (unpaired) electrons. The van der Waals surface area contributed by atoms with E-state index in [1.165, 1.54) is 36.4 Å². The molecule has 3 aromatic rings. The minimum Gasteiger partial charge on any atom is -0.478 e. The Morgan fingerprint density at radius 2 is 1.77 bits per heavy atom. The molecular formula is C19H12BrN3O7. The van der Waals surface area contributed by atoms with Crippen LogP contribution in [0.15, 0.2) is 63.5 Å². The Balaban J connectivity index is 1.76. The van der Waals surface area contributed by atoms with Crippen molar-refractivity contribution in [3.8, 4) is 0 Å². The molecule has 0 bridgehead atoms. The van der Waals surface area contributed by atoms with Gasteiger partial charge in [-0.1, -0.05) is 22.0 Å². The minimum atomic E-state index is -1.21. The van der Waals surface area contributed by atoms with Gasteiger partial charge in [0.2, 0.25) is 0 Å². The van der Waals surface area contributed by atoms with Gasteiger partial charge in [-0.05, 0) is 42.5 Å². The van der Waals surface area contributed by atoms with Crippen molar-refractivity contribution in [2.24, 2.45) is 0 Å². The minimum absolute atomic E-state index is 0.0957. The number of carboxylic acid groups (broad SMARTS) is 1. The second-order valence-corrected chi connectivity index (χ2v) is 6.79. The van der Waals surface area contributed by atoms with Gasteiger partial charge in [0.15, 0.2) is 5.76 Å². The molecule has 0 aliphatic rings. The van der Waals surface area contributed by atoms with Crippen molar-refractivity contribution in [3.05, 3.63) is 86.1 Å². The largest absolute Gasteiger partial charge is 0.478 e. The Morgan fingerprint density at radius 3 is 2.43 bits per heavy atom. The van der Waals surface area contributed by atoms with Crippen LogP contribution in [0.2, 0.25) is 0 Å². The molecule has 3 rings (SSSR count). The second kappa shape index (κ2) is 8.57. The summed E-state index contributed by atoms with van der Waals surface area (Å²) in [7, 11) is 0. The summed E-state index contributed by atoms with van der Waals surface area (Å²) >= 11 is 3.18. The van der Waals surface area contributed by atoms with E-state index in [9.17, 15) is 29.6 Å². The molecule has 3 N–H and O–H groups in total. The zero-order chi connectivity index (χ0) is 21.8. The highest BCUT2D eigenvalue weighted by atomic mass is 79.9. The zero-order valence-electron chi connectivity index (χ0n) is 14.9. The molecule has 1 aromatic heterocycles. The Kier molecular flexibility index (Phi) is 5.93. The molecule has 0 saturated heterocycles. The van der Waals surface area contributed by atoms with E-state index in [0.29, 0.717) is 4.47 Å². The van der Waals surface area contributed by atoms with Gasteiger partial charge in [0.1, 0.15) is 4.92 Å². The summed E-state index contributed by atoms with van der Waals surface area (Å²) in [4.78, 5) is 46.0. The zero-order valence-corrected chi connectivity index (χ0v) is 16.5.